The highest BCUT2D eigenvalue weighted by molar-refractivity contribution is 5.75. The van der Waals surface area contributed by atoms with Gasteiger partial charge in [-0.15, -0.1) is 0 Å². The van der Waals surface area contributed by atoms with Crippen LogP contribution in [-0.4, -0.2) is 131 Å². The van der Waals surface area contributed by atoms with E-state index in [4.69, 9.17) is 34.2 Å². The molecule has 11 atom stereocenters. The second kappa shape index (κ2) is 13.0. The smallest absolute Gasteiger partial charge is 0.364 e. The minimum atomic E-state index is -2.04. The van der Waals surface area contributed by atoms with Crippen molar-refractivity contribution in [1.82, 2.24) is 5.32 Å². The third kappa shape index (κ3) is 6.93. The summed E-state index contributed by atoms with van der Waals surface area (Å²) in [5, 5.41) is 54.2. The van der Waals surface area contributed by atoms with E-state index in [1.54, 1.807) is 0 Å². The Kier molecular flexibility index (Phi) is 10.6. The first kappa shape index (κ1) is 30.0. The molecule has 0 radical (unpaired) electrons. The van der Waals surface area contributed by atoms with Gasteiger partial charge in [-0.05, 0) is 25.8 Å². The standard InChI is InChI=1S/C22H38N2O13/c1-10(26)24-13-14(27)17(11(8-25)34-19(13)32-7-5-3-4-6-23)36-20-16(29)15(28)18-12(35-20)9-33-22(2,37-18)21(30)31/h11-20,25,27-29H,3-9,23H2,1-2H3,(H,24,26)(H,30,31)/t11-,12-,13-,14-,15-,16-,17-,18+,19-,20+,22-/m1/s1. The summed E-state index contributed by atoms with van der Waals surface area (Å²) in [6.45, 7) is 2.31. The number of aliphatic carboxylic acids is 1. The van der Waals surface area contributed by atoms with Gasteiger partial charge in [-0.3, -0.25) is 4.79 Å². The molecule has 0 saturated carbocycles. The summed E-state index contributed by atoms with van der Waals surface area (Å²) in [6, 6.07) is -1.09. The highest BCUT2D eigenvalue weighted by Crippen LogP contribution is 2.35. The molecule has 0 aliphatic carbocycles. The lowest BCUT2D eigenvalue weighted by molar-refractivity contribution is -0.392. The van der Waals surface area contributed by atoms with Gasteiger partial charge < -0.3 is 65.0 Å². The maximum absolute atomic E-state index is 11.8. The molecular weight excluding hydrogens is 500 g/mol. The van der Waals surface area contributed by atoms with Crippen molar-refractivity contribution in [3.05, 3.63) is 0 Å². The molecule has 0 unspecified atom stereocenters. The molecule has 15 heteroatoms. The normalized spacial score (nSPS) is 42.1. The van der Waals surface area contributed by atoms with E-state index in [-0.39, 0.29) is 13.2 Å². The van der Waals surface area contributed by atoms with Crippen molar-refractivity contribution in [3.8, 4) is 0 Å². The number of fused-ring (bicyclic) bond motifs is 1. The summed E-state index contributed by atoms with van der Waals surface area (Å²) in [6.07, 6.45) is -9.90. The predicted molar refractivity (Wildman–Crippen MR) is 121 cm³/mol. The number of carboxylic acid groups (broad SMARTS) is 1. The van der Waals surface area contributed by atoms with E-state index in [9.17, 15) is 35.1 Å². The minimum Gasteiger partial charge on any atom is -0.477 e. The average molecular weight is 539 g/mol. The largest absolute Gasteiger partial charge is 0.477 e. The Morgan fingerprint density at radius 2 is 1.81 bits per heavy atom. The molecule has 0 aromatic rings. The second-order valence-corrected chi connectivity index (χ2v) is 9.43. The molecule has 3 saturated heterocycles. The Morgan fingerprint density at radius 3 is 2.43 bits per heavy atom. The van der Waals surface area contributed by atoms with Crippen molar-refractivity contribution in [3.63, 3.8) is 0 Å². The van der Waals surface area contributed by atoms with Crippen LogP contribution < -0.4 is 11.1 Å². The van der Waals surface area contributed by atoms with E-state index in [1.165, 1.54) is 6.92 Å². The summed E-state index contributed by atoms with van der Waals surface area (Å²) in [5.41, 5.74) is 5.49. The molecule has 1 amide bonds. The molecule has 3 rings (SSSR count). The van der Waals surface area contributed by atoms with Gasteiger partial charge in [0.15, 0.2) is 12.6 Å². The van der Waals surface area contributed by atoms with Crippen LogP contribution in [-0.2, 0) is 38.0 Å². The number of nitrogens with one attached hydrogen (secondary N) is 1. The Bertz CT molecular complexity index is 773. The third-order valence-electron chi connectivity index (χ3n) is 6.56. The molecule has 15 nitrogen and oxygen atoms in total. The first-order valence-electron chi connectivity index (χ1n) is 12.3. The number of aliphatic hydroxyl groups excluding tert-OH is 4. The van der Waals surface area contributed by atoms with Crippen molar-refractivity contribution < 1.29 is 63.5 Å². The van der Waals surface area contributed by atoms with Crippen LogP contribution in [0.3, 0.4) is 0 Å². The highest BCUT2D eigenvalue weighted by atomic mass is 16.8. The molecular formula is C22H38N2O13. The number of carbonyl (C=O) groups excluding carboxylic acids is 1. The number of carboxylic acids is 1. The zero-order valence-electron chi connectivity index (χ0n) is 20.8. The molecule has 0 spiro atoms. The summed E-state index contributed by atoms with van der Waals surface area (Å²) < 4.78 is 33.6. The van der Waals surface area contributed by atoms with Crippen LogP contribution in [0.4, 0.5) is 0 Å². The molecule has 0 aromatic carbocycles. The molecule has 0 aromatic heterocycles. The lowest BCUT2D eigenvalue weighted by atomic mass is 9.95. The number of nitrogens with two attached hydrogens (primary N) is 1. The first-order chi connectivity index (χ1) is 17.5. The minimum absolute atomic E-state index is 0.256. The van der Waals surface area contributed by atoms with Crippen LogP contribution >= 0.6 is 0 Å². The van der Waals surface area contributed by atoms with Gasteiger partial charge in [-0.25, -0.2) is 4.79 Å². The number of carbonyl (C=O) groups is 2. The van der Waals surface area contributed by atoms with Gasteiger partial charge in [0.25, 0.3) is 5.79 Å². The van der Waals surface area contributed by atoms with Crippen LogP contribution in [0.5, 0.6) is 0 Å². The van der Waals surface area contributed by atoms with Gasteiger partial charge in [0.1, 0.15) is 48.8 Å². The van der Waals surface area contributed by atoms with Crippen LogP contribution in [0.1, 0.15) is 33.1 Å². The topological polar surface area (TPSA) is 229 Å². The maximum atomic E-state index is 11.8. The second-order valence-electron chi connectivity index (χ2n) is 9.43. The number of hydrogen-bond acceptors (Lipinski definition) is 13. The molecule has 3 aliphatic heterocycles. The molecule has 3 heterocycles. The molecule has 8 N–H and O–H groups in total. The number of ether oxygens (including phenoxy) is 6. The van der Waals surface area contributed by atoms with Crippen molar-refractivity contribution in [2.75, 3.05) is 26.4 Å². The Hall–Kier alpha value is -1.50. The van der Waals surface area contributed by atoms with Crippen LogP contribution in [0.25, 0.3) is 0 Å². The van der Waals surface area contributed by atoms with E-state index in [0.29, 0.717) is 13.0 Å². The number of aliphatic hydroxyl groups is 4. The van der Waals surface area contributed by atoms with E-state index >= 15 is 0 Å². The zero-order valence-corrected chi connectivity index (χ0v) is 20.8. The Labute approximate surface area is 213 Å². The lowest BCUT2D eigenvalue weighted by Crippen LogP contribution is -2.69. The number of unbranched alkanes of at least 4 members (excludes halogenated alkanes) is 2. The van der Waals surface area contributed by atoms with Crippen molar-refractivity contribution in [2.24, 2.45) is 5.73 Å². The summed E-state index contributed by atoms with van der Waals surface area (Å²) in [7, 11) is 0. The van der Waals surface area contributed by atoms with E-state index in [1.807, 2.05) is 0 Å². The van der Waals surface area contributed by atoms with E-state index in [0.717, 1.165) is 19.8 Å². The monoisotopic (exact) mass is 538 g/mol. The van der Waals surface area contributed by atoms with Crippen molar-refractivity contribution in [1.29, 1.82) is 0 Å². The molecule has 214 valence electrons. The zero-order chi connectivity index (χ0) is 27.3. The van der Waals surface area contributed by atoms with E-state index in [2.05, 4.69) is 5.32 Å². The number of amides is 1. The molecule has 0 bridgehead atoms. The van der Waals surface area contributed by atoms with Gasteiger partial charge in [0.2, 0.25) is 5.91 Å². The molecule has 37 heavy (non-hydrogen) atoms. The summed E-state index contributed by atoms with van der Waals surface area (Å²) in [4.78, 5) is 23.3. The van der Waals surface area contributed by atoms with Gasteiger partial charge in [0, 0.05) is 20.5 Å². The Morgan fingerprint density at radius 1 is 1.08 bits per heavy atom. The molecule has 3 fully saturated rings. The van der Waals surface area contributed by atoms with Crippen molar-refractivity contribution >= 4 is 11.9 Å². The number of hydrogen-bond donors (Lipinski definition) is 7. The molecule has 3 aliphatic rings. The summed E-state index contributed by atoms with van der Waals surface area (Å²) in [5.74, 6) is -3.94. The van der Waals surface area contributed by atoms with E-state index < -0.39 is 85.6 Å². The SMILES string of the molecule is CC(=O)N[C@H]1[C@H](OCCCCCN)O[C@H](CO)[C@@H](O[C@@H]2O[C@@H]3CO[C@@](C)(C(=O)O)O[C@@H]3[C@H](O)[C@H]2O)[C@@H]1O. The summed E-state index contributed by atoms with van der Waals surface area (Å²) >= 11 is 0. The van der Waals surface area contributed by atoms with Crippen LogP contribution in [0, 0.1) is 0 Å². The van der Waals surface area contributed by atoms with Gasteiger partial charge in [-0.2, -0.15) is 0 Å². The van der Waals surface area contributed by atoms with Gasteiger partial charge in [-0.1, -0.05) is 0 Å². The average Bonchev–Trinajstić information content (AvgIpc) is 2.85. The fourth-order valence-electron chi connectivity index (χ4n) is 4.49. The quantitative estimate of drug-likeness (QED) is 0.128. The highest BCUT2D eigenvalue weighted by Gasteiger charge is 2.56. The predicted octanol–water partition coefficient (Wildman–Crippen LogP) is -3.24. The Balaban J connectivity index is 1.70. The van der Waals surface area contributed by atoms with Crippen LogP contribution in [0.15, 0.2) is 0 Å². The fraction of sp³-hybridized carbons (Fsp3) is 0.909. The first-order valence-corrected chi connectivity index (χ1v) is 12.3. The maximum Gasteiger partial charge on any atom is 0.364 e. The van der Waals surface area contributed by atoms with Gasteiger partial charge >= 0.3 is 5.97 Å². The van der Waals surface area contributed by atoms with Gasteiger partial charge in [0.05, 0.1) is 13.2 Å². The van der Waals surface area contributed by atoms with Crippen LogP contribution in [0.2, 0.25) is 0 Å². The lowest BCUT2D eigenvalue weighted by Gasteiger charge is -2.50. The fourth-order valence-corrected chi connectivity index (χ4v) is 4.49. The van der Waals surface area contributed by atoms with Crippen molar-refractivity contribution in [2.45, 2.75) is 100 Å². The number of rotatable bonds is 11. The third-order valence-corrected chi connectivity index (χ3v) is 6.56.